The van der Waals surface area contributed by atoms with Gasteiger partial charge in [0.2, 0.25) is 0 Å². The smallest absolute Gasteiger partial charge is 0.312 e. The van der Waals surface area contributed by atoms with Crippen molar-refractivity contribution < 1.29 is 13.9 Å². The molecule has 0 aliphatic heterocycles. The van der Waals surface area contributed by atoms with Crippen LogP contribution in [0.3, 0.4) is 0 Å². The van der Waals surface area contributed by atoms with Crippen molar-refractivity contribution in [2.75, 3.05) is 7.11 Å². The van der Waals surface area contributed by atoms with E-state index in [4.69, 9.17) is 4.74 Å². The van der Waals surface area contributed by atoms with Crippen molar-refractivity contribution in [2.45, 2.75) is 5.67 Å². The van der Waals surface area contributed by atoms with E-state index in [1.54, 1.807) is 0 Å². The molecule has 13 heavy (non-hydrogen) atoms. The highest BCUT2D eigenvalue weighted by molar-refractivity contribution is 5.88. The third-order valence-electron chi connectivity index (χ3n) is 6.05. The lowest BCUT2D eigenvalue weighted by atomic mass is 8.95. The van der Waals surface area contributed by atoms with Crippen LogP contribution in [0.5, 0.6) is 0 Å². The van der Waals surface area contributed by atoms with Crippen molar-refractivity contribution in [1.29, 1.82) is 0 Å². The van der Waals surface area contributed by atoms with Crippen LogP contribution in [-0.4, -0.2) is 18.7 Å². The van der Waals surface area contributed by atoms with Crippen LogP contribution in [0.2, 0.25) is 0 Å². The number of alkyl halides is 1. The summed E-state index contributed by atoms with van der Waals surface area (Å²) in [4.78, 5) is 11.6. The summed E-state index contributed by atoms with van der Waals surface area (Å²) in [5.41, 5.74) is -0.932. The molecule has 68 valence electrons. The molecular weight excluding hydrogens is 171 g/mol. The zero-order valence-electron chi connectivity index (χ0n) is 7.16. The molecule has 2 nitrogen and oxygen atoms in total. The monoisotopic (exact) mass is 180 g/mol. The number of hydrogen-bond donors (Lipinski definition) is 0. The van der Waals surface area contributed by atoms with Gasteiger partial charge in [-0.1, -0.05) is 0 Å². The lowest BCUT2D eigenvalue weighted by Crippen LogP contribution is -3.12. The van der Waals surface area contributed by atoms with E-state index in [1.165, 1.54) is 7.11 Å². The number of esters is 1. The topological polar surface area (TPSA) is 26.3 Å². The van der Waals surface area contributed by atoms with Gasteiger partial charge >= 0.3 is 5.97 Å². The fraction of sp³-hybridized carbons (Fsp3) is 0.900. The second kappa shape index (κ2) is 1.11. The fourth-order valence-electron chi connectivity index (χ4n) is 5.98. The van der Waals surface area contributed by atoms with Crippen molar-refractivity contribution >= 4 is 5.97 Å². The van der Waals surface area contributed by atoms with E-state index in [2.05, 4.69) is 0 Å². The van der Waals surface area contributed by atoms with Gasteiger partial charge in [-0.15, -0.1) is 0 Å². The number of rotatable bonds is 1. The zero-order chi connectivity index (χ0) is 8.75. The van der Waals surface area contributed by atoms with Crippen molar-refractivity contribution in [3.63, 3.8) is 0 Å². The van der Waals surface area contributed by atoms with E-state index in [-0.39, 0.29) is 29.1 Å². The summed E-state index contributed by atoms with van der Waals surface area (Å²) < 4.78 is 18.6. The van der Waals surface area contributed by atoms with Gasteiger partial charge in [0, 0.05) is 17.8 Å². The summed E-state index contributed by atoms with van der Waals surface area (Å²) in [6.07, 6.45) is 0. The van der Waals surface area contributed by atoms with Gasteiger partial charge in [-0.3, -0.25) is 4.79 Å². The first-order chi connectivity index (χ1) is 6.21. The van der Waals surface area contributed by atoms with Gasteiger partial charge in [-0.25, -0.2) is 4.39 Å². The average molecular weight is 180 g/mol. The average Bonchev–Trinajstić information content (AvgIpc) is 2.18. The Balaban J connectivity index is 1.65. The number of methoxy groups -OCH3 is 1. The third kappa shape index (κ3) is 0.222. The largest absolute Gasteiger partial charge is 0.469 e. The van der Waals surface area contributed by atoms with Crippen LogP contribution < -0.4 is 0 Å². The van der Waals surface area contributed by atoms with Crippen molar-refractivity contribution in [1.82, 2.24) is 0 Å². The summed E-state index contributed by atoms with van der Waals surface area (Å²) in [6.45, 7) is 0. The van der Waals surface area contributed by atoms with Gasteiger partial charge in [0.1, 0.15) is 5.67 Å². The van der Waals surface area contributed by atoms with Crippen molar-refractivity contribution in [3.05, 3.63) is 0 Å². The molecular formula is C10H9FO2. The highest BCUT2D eigenvalue weighted by Crippen LogP contribution is 3.08. The van der Waals surface area contributed by atoms with Crippen LogP contribution in [-0.2, 0) is 9.53 Å². The van der Waals surface area contributed by atoms with E-state index in [1.807, 2.05) is 0 Å². The molecule has 6 rings (SSSR count). The second-order valence-corrected chi connectivity index (χ2v) is 5.41. The second-order valence-electron chi connectivity index (χ2n) is 5.41. The van der Waals surface area contributed by atoms with Crippen molar-refractivity contribution in [3.8, 4) is 0 Å². The van der Waals surface area contributed by atoms with Gasteiger partial charge < -0.3 is 4.74 Å². The van der Waals surface area contributed by atoms with Crippen LogP contribution in [0.15, 0.2) is 0 Å². The molecule has 6 aliphatic carbocycles. The molecule has 6 fully saturated rings. The van der Waals surface area contributed by atoms with Gasteiger partial charge in [0.15, 0.2) is 0 Å². The molecule has 0 saturated heterocycles. The van der Waals surface area contributed by atoms with Crippen molar-refractivity contribution in [2.24, 2.45) is 40.9 Å². The zero-order valence-corrected chi connectivity index (χ0v) is 7.16. The lowest BCUT2D eigenvalue weighted by molar-refractivity contribution is -0.633. The maximum Gasteiger partial charge on any atom is 0.312 e. The minimum atomic E-state index is -0.782. The predicted molar refractivity (Wildman–Crippen MR) is 39.2 cm³/mol. The first kappa shape index (κ1) is 5.99. The maximum atomic E-state index is 13.8. The summed E-state index contributed by atoms with van der Waals surface area (Å²) in [7, 11) is 1.45. The first-order valence-electron chi connectivity index (χ1n) is 4.99. The summed E-state index contributed by atoms with van der Waals surface area (Å²) in [5, 5.41) is 0. The van der Waals surface area contributed by atoms with Crippen LogP contribution in [0, 0.1) is 40.9 Å². The SMILES string of the molecule is COC(=O)C12C3C4C1C1C2C3C41F. The number of carbonyl (C=O) groups excluding carboxylic acids is 1. The molecule has 0 aromatic carbocycles. The summed E-state index contributed by atoms with van der Waals surface area (Å²) >= 11 is 0. The molecule has 0 heterocycles. The first-order valence-corrected chi connectivity index (χ1v) is 4.99. The molecule has 0 bridgehead atoms. The van der Waals surface area contributed by atoms with E-state index < -0.39 is 5.67 Å². The van der Waals surface area contributed by atoms with Gasteiger partial charge in [-0.2, -0.15) is 0 Å². The Labute approximate surface area is 74.4 Å². The summed E-state index contributed by atoms with van der Waals surface area (Å²) in [5.74, 6) is 1.95. The van der Waals surface area contributed by atoms with Crippen LogP contribution >= 0.6 is 0 Å². The Bertz CT molecular complexity index is 335. The molecule has 6 aliphatic rings. The van der Waals surface area contributed by atoms with Crippen LogP contribution in [0.1, 0.15) is 0 Å². The Morgan fingerprint density at radius 1 is 1.15 bits per heavy atom. The van der Waals surface area contributed by atoms with Crippen LogP contribution in [0.25, 0.3) is 0 Å². The Morgan fingerprint density at radius 2 is 1.62 bits per heavy atom. The Hall–Kier alpha value is -0.600. The molecule has 0 spiro atoms. The number of hydrogen-bond acceptors (Lipinski definition) is 2. The lowest BCUT2D eigenvalue weighted by Gasteiger charge is -3.07. The van der Waals surface area contributed by atoms with Gasteiger partial charge in [0.25, 0.3) is 0 Å². The molecule has 0 amide bonds. The number of halogens is 1. The molecule has 6 saturated carbocycles. The molecule has 0 unspecified atom stereocenters. The normalized spacial score (nSPS) is 82.0. The third-order valence-corrected chi connectivity index (χ3v) is 6.05. The van der Waals surface area contributed by atoms with E-state index in [9.17, 15) is 9.18 Å². The minimum Gasteiger partial charge on any atom is -0.469 e. The van der Waals surface area contributed by atoms with Gasteiger partial charge in [-0.05, 0) is 17.8 Å². The minimum absolute atomic E-state index is 0.0435. The highest BCUT2D eigenvalue weighted by Gasteiger charge is 3.13. The fourth-order valence-corrected chi connectivity index (χ4v) is 5.98. The molecule has 0 aromatic rings. The highest BCUT2D eigenvalue weighted by atomic mass is 19.1. The molecule has 0 aromatic heterocycles. The quantitative estimate of drug-likeness (QED) is 0.553. The van der Waals surface area contributed by atoms with E-state index >= 15 is 0 Å². The summed E-state index contributed by atoms with van der Waals surface area (Å²) in [6, 6.07) is 0. The Kier molecular flexibility index (Phi) is 0.509. The molecule has 0 radical (unpaired) electrons. The number of ether oxygens (including phenoxy) is 1. The van der Waals surface area contributed by atoms with E-state index in [0.717, 1.165) is 0 Å². The number of carbonyl (C=O) groups is 1. The molecule has 0 N–H and O–H groups in total. The molecule has 0 atom stereocenters. The Morgan fingerprint density at radius 3 is 2.00 bits per heavy atom. The predicted octanol–water partition coefficient (Wildman–Crippen LogP) is 0.619. The van der Waals surface area contributed by atoms with E-state index in [0.29, 0.717) is 17.8 Å². The standard InChI is InChI=1S/C10H9FO2/c1-13-8(12)9-2-5-3(9)7-4(9)6(2)10(5,7)11/h2-7H,1H3. The van der Waals surface area contributed by atoms with Crippen LogP contribution in [0.4, 0.5) is 4.39 Å². The molecule has 3 heteroatoms. The maximum absolute atomic E-state index is 13.8. The van der Waals surface area contributed by atoms with Gasteiger partial charge in [0.05, 0.1) is 12.5 Å².